The second kappa shape index (κ2) is 5.42. The maximum atomic E-state index is 10.7. The number of carbonyl (C=O) groups is 1. The lowest BCUT2D eigenvalue weighted by atomic mass is 10.2. The number of ether oxygens (including phenoxy) is 1. The molecule has 1 heterocycles. The van der Waals surface area contributed by atoms with Crippen LogP contribution in [0.15, 0.2) is 24.3 Å². The monoisotopic (exact) mass is 253 g/mol. The SMILES string of the molecule is Cc1ccc(OCC2NC(C(=O)O)CS2)cc1. The second-order valence-corrected chi connectivity index (χ2v) is 5.24. The summed E-state index contributed by atoms with van der Waals surface area (Å²) in [4.78, 5) is 10.7. The van der Waals surface area contributed by atoms with Crippen LogP contribution in [0.4, 0.5) is 0 Å². The molecule has 0 amide bonds. The zero-order valence-corrected chi connectivity index (χ0v) is 10.4. The molecular formula is C12H15NO3S. The topological polar surface area (TPSA) is 58.6 Å². The highest BCUT2D eigenvalue weighted by atomic mass is 32.2. The quantitative estimate of drug-likeness (QED) is 0.851. The largest absolute Gasteiger partial charge is 0.491 e. The van der Waals surface area contributed by atoms with Crippen LogP contribution in [-0.4, -0.2) is 34.9 Å². The van der Waals surface area contributed by atoms with Crippen LogP contribution < -0.4 is 10.1 Å². The molecule has 17 heavy (non-hydrogen) atoms. The van der Waals surface area contributed by atoms with E-state index in [1.54, 1.807) is 11.8 Å². The number of hydrogen-bond donors (Lipinski definition) is 2. The van der Waals surface area contributed by atoms with Gasteiger partial charge in [-0.25, -0.2) is 0 Å². The Morgan fingerprint density at radius 2 is 2.24 bits per heavy atom. The van der Waals surface area contributed by atoms with Crippen molar-refractivity contribution in [3.63, 3.8) is 0 Å². The fraction of sp³-hybridized carbons (Fsp3) is 0.417. The van der Waals surface area contributed by atoms with Crippen LogP contribution in [0.2, 0.25) is 0 Å². The van der Waals surface area contributed by atoms with Gasteiger partial charge in [0.15, 0.2) is 0 Å². The van der Waals surface area contributed by atoms with Crippen molar-refractivity contribution < 1.29 is 14.6 Å². The summed E-state index contributed by atoms with van der Waals surface area (Å²) in [5, 5.41) is 11.9. The van der Waals surface area contributed by atoms with Crippen LogP contribution in [0.5, 0.6) is 5.75 Å². The van der Waals surface area contributed by atoms with E-state index in [9.17, 15) is 4.79 Å². The number of carboxylic acid groups (broad SMARTS) is 1. The number of benzene rings is 1. The third-order valence-electron chi connectivity index (χ3n) is 2.57. The summed E-state index contributed by atoms with van der Waals surface area (Å²) in [6.07, 6.45) is 0. The molecule has 4 nitrogen and oxygen atoms in total. The predicted octanol–water partition coefficient (Wildman–Crippen LogP) is 1.49. The van der Waals surface area contributed by atoms with Crippen LogP contribution in [0.25, 0.3) is 0 Å². The van der Waals surface area contributed by atoms with Gasteiger partial charge in [0.2, 0.25) is 0 Å². The molecule has 92 valence electrons. The first kappa shape index (κ1) is 12.3. The lowest BCUT2D eigenvalue weighted by Gasteiger charge is -2.12. The van der Waals surface area contributed by atoms with E-state index in [2.05, 4.69) is 5.32 Å². The molecule has 1 aromatic rings. The minimum atomic E-state index is -0.796. The van der Waals surface area contributed by atoms with Crippen LogP contribution >= 0.6 is 11.8 Å². The van der Waals surface area contributed by atoms with Crippen molar-refractivity contribution in [2.75, 3.05) is 12.4 Å². The van der Waals surface area contributed by atoms with Gasteiger partial charge in [0, 0.05) is 5.75 Å². The van der Waals surface area contributed by atoms with Gasteiger partial charge in [-0.15, -0.1) is 11.8 Å². The minimum absolute atomic E-state index is 0.0532. The smallest absolute Gasteiger partial charge is 0.321 e. The minimum Gasteiger partial charge on any atom is -0.491 e. The zero-order valence-electron chi connectivity index (χ0n) is 9.55. The molecule has 0 spiro atoms. The Hall–Kier alpha value is -1.20. The highest BCUT2D eigenvalue weighted by Gasteiger charge is 2.29. The van der Waals surface area contributed by atoms with Crippen molar-refractivity contribution in [1.29, 1.82) is 0 Å². The summed E-state index contributed by atoms with van der Waals surface area (Å²) in [6, 6.07) is 7.37. The second-order valence-electron chi connectivity index (χ2n) is 4.00. The summed E-state index contributed by atoms with van der Waals surface area (Å²) in [6.45, 7) is 2.51. The van der Waals surface area contributed by atoms with Gasteiger partial charge >= 0.3 is 5.97 Å². The van der Waals surface area contributed by atoms with Crippen molar-refractivity contribution in [3.8, 4) is 5.75 Å². The first-order valence-electron chi connectivity index (χ1n) is 5.45. The van der Waals surface area contributed by atoms with Gasteiger partial charge in [0.25, 0.3) is 0 Å². The maximum absolute atomic E-state index is 10.7. The molecule has 1 aliphatic heterocycles. The van der Waals surface area contributed by atoms with E-state index in [1.807, 2.05) is 31.2 Å². The predicted molar refractivity (Wildman–Crippen MR) is 67.5 cm³/mol. The lowest BCUT2D eigenvalue weighted by Crippen LogP contribution is -2.38. The number of rotatable bonds is 4. The molecule has 2 N–H and O–H groups in total. The summed E-state index contributed by atoms with van der Waals surface area (Å²) in [7, 11) is 0. The normalized spacial score (nSPS) is 23.6. The molecule has 2 rings (SSSR count). The third kappa shape index (κ3) is 3.38. The van der Waals surface area contributed by atoms with E-state index >= 15 is 0 Å². The molecule has 0 aromatic heterocycles. The molecule has 5 heteroatoms. The van der Waals surface area contributed by atoms with Crippen LogP contribution in [0, 0.1) is 6.92 Å². The zero-order chi connectivity index (χ0) is 12.3. The van der Waals surface area contributed by atoms with E-state index in [-0.39, 0.29) is 5.37 Å². The summed E-state index contributed by atoms with van der Waals surface area (Å²) in [5.74, 6) is 0.615. The number of aliphatic carboxylic acids is 1. The number of nitrogens with one attached hydrogen (secondary N) is 1. The van der Waals surface area contributed by atoms with Gasteiger partial charge in [-0.1, -0.05) is 17.7 Å². The van der Waals surface area contributed by atoms with E-state index in [0.717, 1.165) is 5.75 Å². The summed E-state index contributed by atoms with van der Waals surface area (Å²) in [5.41, 5.74) is 1.19. The highest BCUT2D eigenvalue weighted by molar-refractivity contribution is 8.00. The number of hydrogen-bond acceptors (Lipinski definition) is 4. The van der Waals surface area contributed by atoms with Crippen LogP contribution in [0.3, 0.4) is 0 Å². The average Bonchev–Trinajstić information content (AvgIpc) is 2.77. The van der Waals surface area contributed by atoms with Gasteiger partial charge in [0.05, 0.1) is 5.37 Å². The van der Waals surface area contributed by atoms with Crippen LogP contribution in [0.1, 0.15) is 5.56 Å². The Bertz CT molecular complexity index is 393. The standard InChI is InChI=1S/C12H15NO3S/c1-8-2-4-9(5-3-8)16-6-11-13-10(7-17-11)12(14)15/h2-5,10-11,13H,6-7H2,1H3,(H,14,15). The molecule has 2 atom stereocenters. The molecule has 2 unspecified atom stereocenters. The molecule has 0 radical (unpaired) electrons. The van der Waals surface area contributed by atoms with Gasteiger partial charge in [-0.3, -0.25) is 10.1 Å². The van der Waals surface area contributed by atoms with Crippen molar-refractivity contribution in [1.82, 2.24) is 5.32 Å². The molecule has 1 aromatic carbocycles. The maximum Gasteiger partial charge on any atom is 0.321 e. The third-order valence-corrected chi connectivity index (χ3v) is 3.77. The Kier molecular flexibility index (Phi) is 3.91. The van der Waals surface area contributed by atoms with Gasteiger partial charge in [-0.05, 0) is 19.1 Å². The molecular weight excluding hydrogens is 238 g/mol. The Labute approximate surface area is 104 Å². The van der Waals surface area contributed by atoms with Crippen molar-refractivity contribution in [3.05, 3.63) is 29.8 Å². The van der Waals surface area contributed by atoms with E-state index in [1.165, 1.54) is 5.56 Å². The van der Waals surface area contributed by atoms with Gasteiger partial charge in [0.1, 0.15) is 18.4 Å². The van der Waals surface area contributed by atoms with E-state index < -0.39 is 12.0 Å². The highest BCUT2D eigenvalue weighted by Crippen LogP contribution is 2.20. The molecule has 1 saturated heterocycles. The van der Waals surface area contributed by atoms with Gasteiger partial charge < -0.3 is 9.84 Å². The van der Waals surface area contributed by atoms with E-state index in [4.69, 9.17) is 9.84 Å². The molecule has 0 saturated carbocycles. The Morgan fingerprint density at radius 3 is 2.82 bits per heavy atom. The first-order chi connectivity index (χ1) is 8.15. The fourth-order valence-electron chi connectivity index (χ4n) is 1.58. The number of carboxylic acids is 1. The first-order valence-corrected chi connectivity index (χ1v) is 6.50. The van der Waals surface area contributed by atoms with Crippen molar-refractivity contribution in [2.24, 2.45) is 0 Å². The molecule has 0 aliphatic carbocycles. The Balaban J connectivity index is 1.80. The molecule has 0 bridgehead atoms. The summed E-state index contributed by atoms with van der Waals surface area (Å²) >= 11 is 1.58. The van der Waals surface area contributed by atoms with Gasteiger partial charge in [-0.2, -0.15) is 0 Å². The molecule has 1 aliphatic rings. The molecule has 1 fully saturated rings. The van der Waals surface area contributed by atoms with Crippen molar-refractivity contribution in [2.45, 2.75) is 18.3 Å². The fourth-order valence-corrected chi connectivity index (χ4v) is 2.67. The summed E-state index contributed by atoms with van der Waals surface area (Å²) < 4.78 is 5.60. The average molecular weight is 253 g/mol. The van der Waals surface area contributed by atoms with E-state index in [0.29, 0.717) is 12.4 Å². The van der Waals surface area contributed by atoms with Crippen molar-refractivity contribution >= 4 is 17.7 Å². The Morgan fingerprint density at radius 1 is 1.53 bits per heavy atom. The lowest BCUT2D eigenvalue weighted by molar-refractivity contribution is -0.138. The number of aryl methyl sites for hydroxylation is 1. The van der Waals surface area contributed by atoms with Crippen LogP contribution in [-0.2, 0) is 4.79 Å². The number of thioether (sulfide) groups is 1.